The minimum atomic E-state index is 1.13. The molecule has 0 radical (unpaired) electrons. The standard InChI is InChI=1S/C46H38N2/c1-35-33-38(24-23-37-25-28-43(29-26-37)47(39-15-7-3-8-16-39)40-17-9-4-10-18-40)27-31-45(35)46-32-30-44(34-36(46)2)48(41-19-11-5-12-20-41)42-21-13-6-14-22-42/h3-34H,1-2H3/b24-23+. The van der Waals surface area contributed by atoms with E-state index in [4.69, 9.17) is 0 Å². The van der Waals surface area contributed by atoms with Gasteiger partial charge in [-0.25, -0.2) is 0 Å². The van der Waals surface area contributed by atoms with Crippen LogP contribution in [-0.4, -0.2) is 0 Å². The van der Waals surface area contributed by atoms with Gasteiger partial charge in [0.2, 0.25) is 0 Å². The SMILES string of the molecule is Cc1cc(/C=C/c2ccc(N(c3ccccc3)c3ccccc3)cc2)ccc1-c1ccc(N(c2ccccc2)c2ccccc2)cc1C. The summed E-state index contributed by atoms with van der Waals surface area (Å²) >= 11 is 0. The lowest BCUT2D eigenvalue weighted by atomic mass is 9.94. The molecule has 2 heteroatoms. The van der Waals surface area contributed by atoms with Crippen LogP contribution in [0, 0.1) is 13.8 Å². The fourth-order valence-corrected chi connectivity index (χ4v) is 6.31. The quantitative estimate of drug-likeness (QED) is 0.149. The summed E-state index contributed by atoms with van der Waals surface area (Å²) in [7, 11) is 0. The van der Waals surface area contributed by atoms with Gasteiger partial charge < -0.3 is 9.80 Å². The molecular weight excluding hydrogens is 581 g/mol. The maximum Gasteiger partial charge on any atom is 0.0464 e. The lowest BCUT2D eigenvalue weighted by Gasteiger charge is -2.26. The van der Waals surface area contributed by atoms with Gasteiger partial charge in [0, 0.05) is 34.1 Å². The molecule has 2 nitrogen and oxygen atoms in total. The molecule has 0 aliphatic rings. The monoisotopic (exact) mass is 618 g/mol. The molecule has 0 aliphatic heterocycles. The van der Waals surface area contributed by atoms with E-state index >= 15 is 0 Å². The van der Waals surface area contributed by atoms with Crippen LogP contribution in [0.3, 0.4) is 0 Å². The van der Waals surface area contributed by atoms with E-state index in [0.717, 1.165) is 39.7 Å². The highest BCUT2D eigenvalue weighted by atomic mass is 15.1. The molecule has 0 bridgehead atoms. The van der Waals surface area contributed by atoms with Crippen molar-refractivity contribution < 1.29 is 0 Å². The molecule has 7 aromatic rings. The van der Waals surface area contributed by atoms with Crippen LogP contribution < -0.4 is 9.80 Å². The number of rotatable bonds is 9. The van der Waals surface area contributed by atoms with Gasteiger partial charge in [-0.15, -0.1) is 0 Å². The Balaban J connectivity index is 1.11. The van der Waals surface area contributed by atoms with Crippen molar-refractivity contribution in [3.8, 4) is 11.1 Å². The van der Waals surface area contributed by atoms with Crippen molar-refractivity contribution in [3.63, 3.8) is 0 Å². The Morgan fingerprint density at radius 2 is 0.646 bits per heavy atom. The van der Waals surface area contributed by atoms with Crippen LogP contribution in [0.2, 0.25) is 0 Å². The molecule has 0 aliphatic carbocycles. The van der Waals surface area contributed by atoms with E-state index in [1.807, 2.05) is 0 Å². The highest BCUT2D eigenvalue weighted by molar-refractivity contribution is 5.82. The van der Waals surface area contributed by atoms with Crippen molar-refractivity contribution >= 4 is 46.3 Å². The molecule has 232 valence electrons. The summed E-state index contributed by atoms with van der Waals surface area (Å²) in [6, 6.07) is 64.4. The second kappa shape index (κ2) is 14.1. The smallest absolute Gasteiger partial charge is 0.0464 e. The van der Waals surface area contributed by atoms with Crippen molar-refractivity contribution in [2.45, 2.75) is 13.8 Å². The first-order valence-corrected chi connectivity index (χ1v) is 16.4. The third kappa shape index (κ3) is 6.70. The number of para-hydroxylation sites is 4. The van der Waals surface area contributed by atoms with Crippen LogP contribution >= 0.6 is 0 Å². The number of hydrogen-bond acceptors (Lipinski definition) is 2. The fraction of sp³-hybridized carbons (Fsp3) is 0.0435. The van der Waals surface area contributed by atoms with Gasteiger partial charge in [0.25, 0.3) is 0 Å². The highest BCUT2D eigenvalue weighted by Gasteiger charge is 2.15. The van der Waals surface area contributed by atoms with Gasteiger partial charge in [0.1, 0.15) is 0 Å². The van der Waals surface area contributed by atoms with Crippen LogP contribution in [0.25, 0.3) is 23.3 Å². The summed E-state index contributed by atoms with van der Waals surface area (Å²) in [6.07, 6.45) is 4.39. The molecule has 0 amide bonds. The molecule has 0 spiro atoms. The predicted molar refractivity (Wildman–Crippen MR) is 206 cm³/mol. The average molecular weight is 619 g/mol. The zero-order chi connectivity index (χ0) is 32.7. The first kappa shape index (κ1) is 30.5. The minimum absolute atomic E-state index is 1.13. The van der Waals surface area contributed by atoms with Gasteiger partial charge in [-0.2, -0.15) is 0 Å². The number of aryl methyl sites for hydroxylation is 2. The zero-order valence-electron chi connectivity index (χ0n) is 27.4. The Hall–Kier alpha value is -6.12. The van der Waals surface area contributed by atoms with E-state index in [1.165, 1.54) is 27.8 Å². The number of hydrogen-bond donors (Lipinski definition) is 0. The second-order valence-electron chi connectivity index (χ2n) is 12.0. The maximum atomic E-state index is 2.31. The summed E-state index contributed by atoms with van der Waals surface area (Å²) in [6.45, 7) is 4.41. The third-order valence-corrected chi connectivity index (χ3v) is 8.69. The Bertz CT molecular complexity index is 2040. The van der Waals surface area contributed by atoms with Gasteiger partial charge >= 0.3 is 0 Å². The summed E-state index contributed by atoms with van der Waals surface area (Å²) in [5, 5.41) is 0. The third-order valence-electron chi connectivity index (χ3n) is 8.69. The van der Waals surface area contributed by atoms with Crippen molar-refractivity contribution in [1.29, 1.82) is 0 Å². The molecule has 0 heterocycles. The first-order chi connectivity index (χ1) is 23.6. The first-order valence-electron chi connectivity index (χ1n) is 16.4. The van der Waals surface area contributed by atoms with Gasteiger partial charge in [-0.05, 0) is 120 Å². The summed E-state index contributed by atoms with van der Waals surface area (Å²) in [4.78, 5) is 4.59. The maximum absolute atomic E-state index is 2.31. The Morgan fingerprint density at radius 1 is 0.312 bits per heavy atom. The van der Waals surface area contributed by atoms with E-state index in [1.54, 1.807) is 0 Å². The van der Waals surface area contributed by atoms with E-state index in [-0.39, 0.29) is 0 Å². The molecule has 0 unspecified atom stereocenters. The van der Waals surface area contributed by atoms with E-state index in [9.17, 15) is 0 Å². The highest BCUT2D eigenvalue weighted by Crippen LogP contribution is 2.38. The second-order valence-corrected chi connectivity index (χ2v) is 12.0. The summed E-state index contributed by atoms with van der Waals surface area (Å²) in [5.41, 5.74) is 14.2. The average Bonchev–Trinajstić information content (AvgIpc) is 3.14. The fourth-order valence-electron chi connectivity index (χ4n) is 6.31. The van der Waals surface area contributed by atoms with Crippen molar-refractivity contribution in [2.24, 2.45) is 0 Å². The van der Waals surface area contributed by atoms with Gasteiger partial charge in [0.15, 0.2) is 0 Å². The number of benzene rings is 7. The molecule has 48 heavy (non-hydrogen) atoms. The molecule has 0 saturated heterocycles. The van der Waals surface area contributed by atoms with E-state index < -0.39 is 0 Å². The van der Waals surface area contributed by atoms with Crippen molar-refractivity contribution in [2.75, 3.05) is 9.80 Å². The van der Waals surface area contributed by atoms with Crippen LogP contribution in [0.1, 0.15) is 22.3 Å². The topological polar surface area (TPSA) is 6.48 Å². The molecule has 0 saturated carbocycles. The molecule has 7 aromatic carbocycles. The van der Waals surface area contributed by atoms with E-state index in [0.29, 0.717) is 0 Å². The van der Waals surface area contributed by atoms with Crippen LogP contribution in [0.15, 0.2) is 182 Å². The Labute approximate surface area is 284 Å². The largest absolute Gasteiger partial charge is 0.311 e. The van der Waals surface area contributed by atoms with E-state index in [2.05, 4.69) is 218 Å². The molecule has 0 atom stereocenters. The molecule has 0 N–H and O–H groups in total. The number of anilines is 6. The van der Waals surface area contributed by atoms with Gasteiger partial charge in [-0.3, -0.25) is 0 Å². The van der Waals surface area contributed by atoms with Gasteiger partial charge in [-0.1, -0.05) is 121 Å². The molecule has 0 aromatic heterocycles. The van der Waals surface area contributed by atoms with Crippen LogP contribution in [0.5, 0.6) is 0 Å². The Morgan fingerprint density at radius 3 is 1.08 bits per heavy atom. The normalized spacial score (nSPS) is 11.0. The summed E-state index contributed by atoms with van der Waals surface area (Å²) in [5.74, 6) is 0. The van der Waals surface area contributed by atoms with Gasteiger partial charge in [0.05, 0.1) is 0 Å². The molecule has 0 fully saturated rings. The lowest BCUT2D eigenvalue weighted by Crippen LogP contribution is -2.10. The zero-order valence-corrected chi connectivity index (χ0v) is 27.4. The Kier molecular flexibility index (Phi) is 8.97. The number of nitrogens with zero attached hydrogens (tertiary/aromatic N) is 2. The molecule has 7 rings (SSSR count). The lowest BCUT2D eigenvalue weighted by molar-refractivity contribution is 1.27. The van der Waals surface area contributed by atoms with Crippen molar-refractivity contribution in [1.82, 2.24) is 0 Å². The van der Waals surface area contributed by atoms with Crippen LogP contribution in [0.4, 0.5) is 34.1 Å². The predicted octanol–water partition coefficient (Wildman–Crippen LogP) is 13.1. The molecular formula is C46H38N2. The summed E-state index contributed by atoms with van der Waals surface area (Å²) < 4.78 is 0. The van der Waals surface area contributed by atoms with Crippen LogP contribution in [-0.2, 0) is 0 Å². The van der Waals surface area contributed by atoms with Crippen molar-refractivity contribution in [3.05, 3.63) is 204 Å². The minimum Gasteiger partial charge on any atom is -0.311 e.